The van der Waals surface area contributed by atoms with Gasteiger partial charge in [0.1, 0.15) is 6.07 Å². The van der Waals surface area contributed by atoms with Crippen LogP contribution >= 0.6 is 11.6 Å². The monoisotopic (exact) mass is 353 g/mol. The summed E-state index contributed by atoms with van der Waals surface area (Å²) in [6.07, 6.45) is 1.70. The molecule has 0 saturated heterocycles. The molecule has 0 radical (unpaired) electrons. The van der Waals surface area contributed by atoms with Crippen molar-refractivity contribution in [2.45, 2.75) is 0 Å². The molecule has 0 spiro atoms. The third-order valence-electron chi connectivity index (χ3n) is 3.96. The van der Waals surface area contributed by atoms with Crippen molar-refractivity contribution in [2.75, 3.05) is 14.2 Å². The third-order valence-corrected chi connectivity index (χ3v) is 4.35. The van der Waals surface area contributed by atoms with E-state index in [-0.39, 0.29) is 0 Å². The van der Waals surface area contributed by atoms with Crippen LogP contribution in [0.25, 0.3) is 22.7 Å². The van der Waals surface area contributed by atoms with Gasteiger partial charge in [-0.05, 0) is 35.9 Å². The van der Waals surface area contributed by atoms with Crippen LogP contribution in [0.4, 0.5) is 0 Å². The summed E-state index contributed by atoms with van der Waals surface area (Å²) in [5.74, 6) is 1.54. The quantitative estimate of drug-likeness (QED) is 0.656. The van der Waals surface area contributed by atoms with Crippen LogP contribution in [0.1, 0.15) is 11.4 Å². The second-order valence-electron chi connectivity index (χ2n) is 5.36. The zero-order valence-corrected chi connectivity index (χ0v) is 14.8. The van der Waals surface area contributed by atoms with Gasteiger partial charge in [0, 0.05) is 7.05 Å². The number of ether oxygens (including phenoxy) is 2. The van der Waals surface area contributed by atoms with Crippen molar-refractivity contribution in [1.82, 2.24) is 9.55 Å². The summed E-state index contributed by atoms with van der Waals surface area (Å²) in [5.41, 5.74) is 2.85. The van der Waals surface area contributed by atoms with E-state index in [9.17, 15) is 5.26 Å². The molecule has 6 heteroatoms. The van der Waals surface area contributed by atoms with E-state index in [1.165, 1.54) is 7.11 Å². The summed E-state index contributed by atoms with van der Waals surface area (Å²) in [4.78, 5) is 4.56. The summed E-state index contributed by atoms with van der Waals surface area (Å²) in [5, 5.41) is 10.0. The second-order valence-corrected chi connectivity index (χ2v) is 5.74. The van der Waals surface area contributed by atoms with E-state index >= 15 is 0 Å². The first-order chi connectivity index (χ1) is 12.1. The van der Waals surface area contributed by atoms with E-state index < -0.39 is 0 Å². The molecule has 1 heterocycles. The third kappa shape index (κ3) is 2.92. The Morgan fingerprint density at radius 2 is 1.96 bits per heavy atom. The number of allylic oxidation sites excluding steroid dienone is 1. The fraction of sp³-hybridized carbons (Fsp3) is 0.158. The van der Waals surface area contributed by atoms with Crippen molar-refractivity contribution in [3.05, 3.63) is 52.8 Å². The van der Waals surface area contributed by atoms with Crippen LogP contribution < -0.4 is 9.47 Å². The molecule has 0 fully saturated rings. The predicted molar refractivity (Wildman–Crippen MR) is 98.8 cm³/mol. The Morgan fingerprint density at radius 3 is 2.60 bits per heavy atom. The number of fused-ring (bicyclic) bond motifs is 1. The van der Waals surface area contributed by atoms with E-state index in [0.717, 1.165) is 11.0 Å². The number of hydrogen-bond donors (Lipinski definition) is 0. The highest BCUT2D eigenvalue weighted by Gasteiger charge is 2.15. The Hall–Kier alpha value is -2.97. The molecule has 0 saturated carbocycles. The summed E-state index contributed by atoms with van der Waals surface area (Å²) in [6, 6.07) is 13.5. The molecule has 0 amide bonds. The van der Waals surface area contributed by atoms with Crippen molar-refractivity contribution < 1.29 is 9.47 Å². The SMILES string of the molecule is COc1ccc(/C=C(/C#N)c2nc3ccccc3n2C)c(Cl)c1OC. The molecular formula is C19H16ClN3O2. The van der Waals surface area contributed by atoms with Gasteiger partial charge in [-0.3, -0.25) is 0 Å². The van der Waals surface area contributed by atoms with Gasteiger partial charge in [0.2, 0.25) is 0 Å². The molecule has 25 heavy (non-hydrogen) atoms. The number of aromatic nitrogens is 2. The molecule has 0 aliphatic rings. The first-order valence-electron chi connectivity index (χ1n) is 7.54. The summed E-state index contributed by atoms with van der Waals surface area (Å²) < 4.78 is 12.4. The largest absolute Gasteiger partial charge is 0.493 e. The first kappa shape index (κ1) is 16.9. The molecule has 2 aromatic carbocycles. The Bertz CT molecular complexity index is 1020. The second kappa shape index (κ2) is 6.88. The first-order valence-corrected chi connectivity index (χ1v) is 7.92. The Labute approximate surface area is 150 Å². The van der Waals surface area contributed by atoms with Crippen molar-refractivity contribution in [3.8, 4) is 17.6 Å². The maximum absolute atomic E-state index is 9.64. The standard InChI is InChI=1S/C19H16ClN3O2/c1-23-15-7-5-4-6-14(15)22-19(23)13(11-21)10-12-8-9-16(24-2)18(25-3)17(12)20/h4-10H,1-3H3/b13-10-. The average Bonchev–Trinajstić information content (AvgIpc) is 2.97. The van der Waals surface area contributed by atoms with Crippen LogP contribution in [0.5, 0.6) is 11.5 Å². The normalized spacial score (nSPS) is 11.4. The van der Waals surface area contributed by atoms with E-state index in [4.69, 9.17) is 21.1 Å². The molecule has 3 aromatic rings. The predicted octanol–water partition coefficient (Wildman–Crippen LogP) is 4.31. The lowest BCUT2D eigenvalue weighted by atomic mass is 10.1. The molecule has 0 aliphatic carbocycles. The van der Waals surface area contributed by atoms with E-state index in [1.54, 1.807) is 25.3 Å². The minimum Gasteiger partial charge on any atom is -0.493 e. The molecule has 0 aliphatic heterocycles. The van der Waals surface area contributed by atoms with E-state index in [1.807, 2.05) is 35.9 Å². The minimum atomic E-state index is 0.383. The molecule has 0 bridgehead atoms. The number of methoxy groups -OCH3 is 2. The average molecular weight is 354 g/mol. The Kier molecular flexibility index (Phi) is 4.64. The zero-order chi connectivity index (χ0) is 18.0. The van der Waals surface area contributed by atoms with Gasteiger partial charge >= 0.3 is 0 Å². The van der Waals surface area contributed by atoms with Crippen molar-refractivity contribution >= 4 is 34.3 Å². The maximum Gasteiger partial charge on any atom is 0.179 e. The van der Waals surface area contributed by atoms with Gasteiger partial charge in [-0.25, -0.2) is 4.98 Å². The van der Waals surface area contributed by atoms with Gasteiger partial charge in [0.25, 0.3) is 0 Å². The van der Waals surface area contributed by atoms with Crippen LogP contribution in [0.2, 0.25) is 5.02 Å². The van der Waals surface area contributed by atoms with Gasteiger partial charge in [-0.2, -0.15) is 5.26 Å². The van der Waals surface area contributed by atoms with Crippen LogP contribution in [0.15, 0.2) is 36.4 Å². The number of halogens is 1. The molecular weight excluding hydrogens is 338 g/mol. The summed E-state index contributed by atoms with van der Waals surface area (Å²) >= 11 is 6.41. The van der Waals surface area contributed by atoms with Crippen molar-refractivity contribution in [2.24, 2.45) is 7.05 Å². The van der Waals surface area contributed by atoms with E-state index in [2.05, 4.69) is 11.1 Å². The van der Waals surface area contributed by atoms with Gasteiger partial charge in [-0.15, -0.1) is 0 Å². The van der Waals surface area contributed by atoms with Crippen molar-refractivity contribution in [1.29, 1.82) is 5.26 Å². The number of aryl methyl sites for hydroxylation is 1. The van der Waals surface area contributed by atoms with Gasteiger partial charge in [-0.1, -0.05) is 23.7 Å². The summed E-state index contributed by atoms with van der Waals surface area (Å²) in [6.45, 7) is 0. The maximum atomic E-state index is 9.64. The van der Waals surface area contributed by atoms with Gasteiger partial charge in [0.05, 0.1) is 35.8 Å². The van der Waals surface area contributed by atoms with Crippen LogP contribution in [-0.4, -0.2) is 23.8 Å². The van der Waals surface area contributed by atoms with Crippen LogP contribution in [0, 0.1) is 11.3 Å². The highest BCUT2D eigenvalue weighted by molar-refractivity contribution is 6.34. The lowest BCUT2D eigenvalue weighted by Crippen LogP contribution is -1.97. The fourth-order valence-corrected chi connectivity index (χ4v) is 2.99. The summed E-state index contributed by atoms with van der Waals surface area (Å²) in [7, 11) is 4.95. The number of nitrogens with zero attached hydrogens (tertiary/aromatic N) is 3. The lowest BCUT2D eigenvalue weighted by molar-refractivity contribution is 0.355. The minimum absolute atomic E-state index is 0.383. The smallest absolute Gasteiger partial charge is 0.179 e. The van der Waals surface area contributed by atoms with Gasteiger partial charge in [0.15, 0.2) is 17.3 Å². The number of hydrogen-bond acceptors (Lipinski definition) is 4. The molecule has 0 unspecified atom stereocenters. The molecule has 5 nitrogen and oxygen atoms in total. The van der Waals surface area contributed by atoms with Crippen LogP contribution in [-0.2, 0) is 7.05 Å². The fourth-order valence-electron chi connectivity index (χ4n) is 2.70. The zero-order valence-electron chi connectivity index (χ0n) is 14.1. The van der Waals surface area contributed by atoms with Gasteiger partial charge < -0.3 is 14.0 Å². The Morgan fingerprint density at radius 1 is 1.20 bits per heavy atom. The van der Waals surface area contributed by atoms with Crippen LogP contribution in [0.3, 0.4) is 0 Å². The number of imidazole rings is 1. The number of nitriles is 1. The molecule has 126 valence electrons. The highest BCUT2D eigenvalue weighted by atomic mass is 35.5. The topological polar surface area (TPSA) is 60.1 Å². The molecule has 3 rings (SSSR count). The van der Waals surface area contributed by atoms with E-state index in [0.29, 0.717) is 33.5 Å². The lowest BCUT2D eigenvalue weighted by Gasteiger charge is -2.11. The van der Waals surface area contributed by atoms with Crippen molar-refractivity contribution in [3.63, 3.8) is 0 Å². The number of rotatable bonds is 4. The highest BCUT2D eigenvalue weighted by Crippen LogP contribution is 2.38. The molecule has 0 N–H and O–H groups in total. The number of para-hydroxylation sites is 2. The number of benzene rings is 2. The Balaban J connectivity index is 2.16. The molecule has 0 atom stereocenters. The molecule has 1 aromatic heterocycles.